The lowest BCUT2D eigenvalue weighted by Gasteiger charge is -2.30. The fourth-order valence-corrected chi connectivity index (χ4v) is 3.10. The normalized spacial score (nSPS) is 27.0. The Morgan fingerprint density at radius 3 is 2.33 bits per heavy atom. The molecule has 1 fully saturated rings. The van der Waals surface area contributed by atoms with Gasteiger partial charge < -0.3 is 0 Å². The molecule has 1 heterocycles. The lowest BCUT2D eigenvalue weighted by molar-refractivity contribution is 0.0249. The van der Waals surface area contributed by atoms with Gasteiger partial charge in [0.25, 0.3) is 0 Å². The summed E-state index contributed by atoms with van der Waals surface area (Å²) in [5, 5.41) is 0. The quantitative estimate of drug-likeness (QED) is 0.562. The Morgan fingerprint density at radius 1 is 1.42 bits per heavy atom. The van der Waals surface area contributed by atoms with Gasteiger partial charge in [-0.15, -0.1) is 0 Å². The minimum atomic E-state index is -2.25. The highest BCUT2D eigenvalue weighted by Gasteiger charge is 2.48. The molecule has 0 amide bonds. The second-order valence-corrected chi connectivity index (χ2v) is 6.78. The highest BCUT2D eigenvalue weighted by atomic mass is 32.7. The highest BCUT2D eigenvalue weighted by molar-refractivity contribution is 8.47. The second-order valence-electron chi connectivity index (χ2n) is 3.60. The molecular formula is C7H16O3PS+. The summed E-state index contributed by atoms with van der Waals surface area (Å²) in [6.45, 7) is 7.99. The van der Waals surface area contributed by atoms with Crippen LogP contribution in [0, 0.1) is 5.41 Å². The average molecular weight is 211 g/mol. The van der Waals surface area contributed by atoms with Crippen molar-refractivity contribution in [1.29, 1.82) is 0 Å². The molecule has 0 aromatic carbocycles. The van der Waals surface area contributed by atoms with Crippen molar-refractivity contribution in [2.24, 2.45) is 5.41 Å². The molecule has 0 bridgehead atoms. The molecule has 72 valence electrons. The average Bonchev–Trinajstić information content (AvgIpc) is 1.98. The summed E-state index contributed by atoms with van der Waals surface area (Å²) in [5.74, 6) is 0. The van der Waals surface area contributed by atoms with Gasteiger partial charge in [-0.2, -0.15) is 13.6 Å². The Hall–Kier alpha value is 0.660. The Labute approximate surface area is 79.5 Å². The van der Waals surface area contributed by atoms with Gasteiger partial charge in [-0.1, -0.05) is 13.8 Å². The van der Waals surface area contributed by atoms with Crippen LogP contribution in [0.4, 0.5) is 0 Å². The standard InChI is InChI=1S/C7H16O3PS/c1-4-8-11(12)9-5-7(2,3)6-10-11/h12H,4-6H2,1-3H3/q+1. The van der Waals surface area contributed by atoms with Crippen LogP contribution in [0.5, 0.6) is 0 Å². The zero-order valence-corrected chi connectivity index (χ0v) is 9.53. The Kier molecular flexibility index (Phi) is 3.41. The topological polar surface area (TPSA) is 27.7 Å². The first-order chi connectivity index (χ1) is 5.47. The van der Waals surface area contributed by atoms with Crippen molar-refractivity contribution in [3.63, 3.8) is 0 Å². The molecule has 0 N–H and O–H groups in total. The summed E-state index contributed by atoms with van der Waals surface area (Å²) < 4.78 is 16.2. The second kappa shape index (κ2) is 3.81. The molecule has 0 unspecified atom stereocenters. The maximum atomic E-state index is 5.45. The molecule has 1 aliphatic rings. The lowest BCUT2D eigenvalue weighted by Crippen LogP contribution is -2.30. The summed E-state index contributed by atoms with van der Waals surface area (Å²) in [5.41, 5.74) is 0.0866. The smallest absolute Gasteiger partial charge is 0.169 e. The van der Waals surface area contributed by atoms with Gasteiger partial charge in [0.15, 0.2) is 0 Å². The number of hydrogen-bond donors (Lipinski definition) is 1. The van der Waals surface area contributed by atoms with Crippen LogP contribution in [-0.2, 0) is 13.6 Å². The zero-order chi connectivity index (χ0) is 9.24. The minimum absolute atomic E-state index is 0.0866. The van der Waals surface area contributed by atoms with Gasteiger partial charge in [0.2, 0.25) is 0 Å². The van der Waals surface area contributed by atoms with E-state index in [1.165, 1.54) is 0 Å². The molecule has 1 aliphatic heterocycles. The molecule has 1 saturated heterocycles. The van der Waals surface area contributed by atoms with E-state index >= 15 is 0 Å². The summed E-state index contributed by atoms with van der Waals surface area (Å²) >= 11 is 4.25. The first-order valence-corrected chi connectivity index (χ1v) is 6.72. The molecule has 3 nitrogen and oxygen atoms in total. The van der Waals surface area contributed by atoms with Gasteiger partial charge >= 0.3 is 7.15 Å². The minimum Gasteiger partial charge on any atom is -0.169 e. The Bertz CT molecular complexity index is 153. The van der Waals surface area contributed by atoms with Crippen molar-refractivity contribution in [2.45, 2.75) is 20.8 Å². The SMILES string of the molecule is CCO[P+]1(S)OCC(C)(C)CO1. The van der Waals surface area contributed by atoms with E-state index in [2.05, 4.69) is 26.1 Å². The van der Waals surface area contributed by atoms with Crippen LogP contribution in [0.3, 0.4) is 0 Å². The first kappa shape index (κ1) is 10.7. The van der Waals surface area contributed by atoms with Crippen molar-refractivity contribution < 1.29 is 13.6 Å². The lowest BCUT2D eigenvalue weighted by atomic mass is 9.97. The molecule has 0 spiro atoms. The van der Waals surface area contributed by atoms with Gasteiger partial charge in [-0.3, -0.25) is 0 Å². The van der Waals surface area contributed by atoms with Gasteiger partial charge in [0, 0.05) is 5.41 Å². The summed E-state index contributed by atoms with van der Waals surface area (Å²) in [4.78, 5) is 0. The summed E-state index contributed by atoms with van der Waals surface area (Å²) in [6.07, 6.45) is 0. The molecule has 0 atom stereocenters. The highest BCUT2D eigenvalue weighted by Crippen LogP contribution is 2.69. The molecule has 0 radical (unpaired) electrons. The third-order valence-corrected chi connectivity index (χ3v) is 4.06. The first-order valence-electron chi connectivity index (χ1n) is 4.03. The molecule has 0 aromatic rings. The maximum Gasteiger partial charge on any atom is 0.478 e. The van der Waals surface area contributed by atoms with E-state index in [1.54, 1.807) is 0 Å². The largest absolute Gasteiger partial charge is 0.478 e. The van der Waals surface area contributed by atoms with Crippen LogP contribution in [0.2, 0.25) is 0 Å². The molecule has 5 heteroatoms. The number of rotatable bonds is 2. The predicted octanol–water partition coefficient (Wildman–Crippen LogP) is 2.70. The molecule has 0 saturated carbocycles. The van der Waals surface area contributed by atoms with Crippen LogP contribution < -0.4 is 0 Å². The van der Waals surface area contributed by atoms with Crippen molar-refractivity contribution in [3.8, 4) is 0 Å². The monoisotopic (exact) mass is 211 g/mol. The molecular weight excluding hydrogens is 195 g/mol. The summed E-state index contributed by atoms with van der Waals surface area (Å²) in [6, 6.07) is 0. The van der Waals surface area contributed by atoms with E-state index in [4.69, 9.17) is 13.6 Å². The van der Waals surface area contributed by atoms with Crippen molar-refractivity contribution in [3.05, 3.63) is 0 Å². The van der Waals surface area contributed by atoms with Crippen LogP contribution >= 0.6 is 19.4 Å². The van der Waals surface area contributed by atoms with Crippen LogP contribution in [0.1, 0.15) is 20.8 Å². The third-order valence-electron chi connectivity index (χ3n) is 1.53. The number of thiol groups is 1. The molecule has 0 aliphatic carbocycles. The molecule has 0 aromatic heterocycles. The number of hydrogen-bond acceptors (Lipinski definition) is 4. The van der Waals surface area contributed by atoms with Crippen LogP contribution in [0.15, 0.2) is 0 Å². The van der Waals surface area contributed by atoms with Crippen molar-refractivity contribution >= 4 is 19.4 Å². The van der Waals surface area contributed by atoms with E-state index in [1.807, 2.05) is 6.92 Å². The molecule has 12 heavy (non-hydrogen) atoms. The predicted molar refractivity (Wildman–Crippen MR) is 53.2 cm³/mol. The fourth-order valence-electron chi connectivity index (χ4n) is 0.829. The maximum absolute atomic E-state index is 5.45. The fraction of sp³-hybridized carbons (Fsp3) is 1.00. The zero-order valence-electron chi connectivity index (χ0n) is 7.74. The van der Waals surface area contributed by atoms with Gasteiger partial charge in [0.1, 0.15) is 13.2 Å². The van der Waals surface area contributed by atoms with Gasteiger partial charge in [-0.25, -0.2) is 0 Å². The van der Waals surface area contributed by atoms with Gasteiger partial charge in [-0.05, 0) is 6.92 Å². The van der Waals surface area contributed by atoms with Crippen molar-refractivity contribution in [2.75, 3.05) is 19.8 Å². The summed E-state index contributed by atoms with van der Waals surface area (Å²) in [7, 11) is -2.25. The third kappa shape index (κ3) is 2.86. The van der Waals surface area contributed by atoms with E-state index < -0.39 is 7.15 Å². The van der Waals surface area contributed by atoms with Crippen molar-refractivity contribution in [1.82, 2.24) is 0 Å². The Balaban J connectivity index is 2.44. The van der Waals surface area contributed by atoms with Gasteiger partial charge in [0.05, 0.1) is 18.9 Å². The van der Waals surface area contributed by atoms with E-state index in [9.17, 15) is 0 Å². The van der Waals surface area contributed by atoms with E-state index in [0.717, 1.165) is 0 Å². The Morgan fingerprint density at radius 2 is 1.92 bits per heavy atom. The van der Waals surface area contributed by atoms with Crippen LogP contribution in [0.25, 0.3) is 0 Å². The van der Waals surface area contributed by atoms with E-state index in [0.29, 0.717) is 19.8 Å². The molecule has 1 rings (SSSR count). The van der Waals surface area contributed by atoms with E-state index in [-0.39, 0.29) is 5.41 Å². The van der Waals surface area contributed by atoms with Crippen LogP contribution in [-0.4, -0.2) is 19.8 Å².